The quantitative estimate of drug-likeness (QED) is 0.175. The Labute approximate surface area is 395 Å². The largest absolute Gasteiger partial charge is 0.490 e. The lowest BCUT2D eigenvalue weighted by atomic mass is 9.44. The summed E-state index contributed by atoms with van der Waals surface area (Å²) in [6.07, 6.45) is 36.5. The summed E-state index contributed by atoms with van der Waals surface area (Å²) >= 11 is 0. The summed E-state index contributed by atoms with van der Waals surface area (Å²) in [7, 11) is 0. The topological polar surface area (TPSA) is 18.5 Å². The van der Waals surface area contributed by atoms with Crippen molar-refractivity contribution in [3.05, 3.63) is 30.3 Å². The first-order chi connectivity index (χ1) is 30.6. The summed E-state index contributed by atoms with van der Waals surface area (Å²) in [5, 5.41) is 0. The Balaban J connectivity index is 0.774. The normalized spacial score (nSPS) is 44.8. The standard InChI is InChI=1S/C62H100O2/c1-12-44-37-47(63-48-29-33-59(8)45(38-48)19-22-50-54-26-24-52(42(6)17-13-15-40(2)3)61(54,10)35-31-56(50)59)21-28-58(44)64-49-30-34-60(9)46(39-49)20-23-51-55-27-25-53(43(7)18-14-16-41(4)5)62(55,11)36-32-57(51)60/h12,21,28,37,40-43,45-46,48-57H,1,13-20,22-27,29-36,38-39H2,2-11H3/t42-,43-,45?,46?,48?,49?,50?,51?,52-,53-,54?,55?,56?,57?,59+,60+,61-,62-/m1/s1. The molecule has 8 aliphatic rings. The van der Waals surface area contributed by atoms with Gasteiger partial charge < -0.3 is 9.47 Å². The summed E-state index contributed by atoms with van der Waals surface area (Å²) < 4.78 is 14.0. The Morgan fingerprint density at radius 1 is 0.531 bits per heavy atom. The average Bonchev–Trinajstić information content (AvgIpc) is 3.81. The van der Waals surface area contributed by atoms with Crippen LogP contribution in [0, 0.1) is 105 Å². The van der Waals surface area contributed by atoms with Crippen molar-refractivity contribution in [1.29, 1.82) is 0 Å². The van der Waals surface area contributed by atoms with Crippen LogP contribution in [0.2, 0.25) is 0 Å². The van der Waals surface area contributed by atoms with E-state index in [1.54, 1.807) is 0 Å². The number of hydrogen-bond donors (Lipinski definition) is 0. The van der Waals surface area contributed by atoms with Crippen molar-refractivity contribution >= 4 is 6.08 Å². The van der Waals surface area contributed by atoms with Crippen molar-refractivity contribution in [2.24, 2.45) is 105 Å². The molecule has 64 heavy (non-hydrogen) atoms. The minimum Gasteiger partial charge on any atom is -0.490 e. The van der Waals surface area contributed by atoms with Crippen LogP contribution < -0.4 is 9.47 Å². The molecule has 360 valence electrons. The smallest absolute Gasteiger partial charge is 0.127 e. The molecule has 8 fully saturated rings. The van der Waals surface area contributed by atoms with Gasteiger partial charge in [0.05, 0.1) is 12.2 Å². The molecule has 0 radical (unpaired) electrons. The maximum atomic E-state index is 7.01. The zero-order valence-electron chi connectivity index (χ0n) is 43.5. The maximum Gasteiger partial charge on any atom is 0.127 e. The fourth-order valence-corrected chi connectivity index (χ4v) is 19.9. The first-order valence-electron chi connectivity index (χ1n) is 28.7. The summed E-state index contributed by atoms with van der Waals surface area (Å²) in [5.41, 5.74) is 3.26. The van der Waals surface area contributed by atoms with Crippen LogP contribution in [0.1, 0.15) is 229 Å². The summed E-state index contributed by atoms with van der Waals surface area (Å²) in [6, 6.07) is 6.72. The monoisotopic (exact) mass is 877 g/mol. The Morgan fingerprint density at radius 2 is 0.984 bits per heavy atom. The Hall–Kier alpha value is -1.44. The third-order valence-corrected chi connectivity index (χ3v) is 23.4. The van der Waals surface area contributed by atoms with E-state index in [9.17, 15) is 0 Å². The van der Waals surface area contributed by atoms with Crippen LogP contribution >= 0.6 is 0 Å². The number of benzene rings is 1. The number of fused-ring (bicyclic) bond motifs is 10. The molecular formula is C62H100O2. The molecule has 0 bridgehead atoms. The first kappa shape index (κ1) is 47.6. The molecule has 0 spiro atoms. The zero-order chi connectivity index (χ0) is 45.2. The van der Waals surface area contributed by atoms with E-state index < -0.39 is 0 Å². The minimum absolute atomic E-state index is 0.313. The molecule has 1 aromatic carbocycles. The predicted octanol–water partition coefficient (Wildman–Crippen LogP) is 18.1. The van der Waals surface area contributed by atoms with E-state index in [4.69, 9.17) is 9.47 Å². The van der Waals surface area contributed by atoms with E-state index >= 15 is 0 Å². The van der Waals surface area contributed by atoms with Gasteiger partial charge >= 0.3 is 0 Å². The van der Waals surface area contributed by atoms with Crippen molar-refractivity contribution in [2.45, 2.75) is 236 Å². The van der Waals surface area contributed by atoms with Crippen LogP contribution in [0.25, 0.3) is 6.08 Å². The van der Waals surface area contributed by atoms with E-state index in [1.807, 2.05) is 6.08 Å². The third-order valence-electron chi connectivity index (χ3n) is 23.4. The van der Waals surface area contributed by atoms with Crippen molar-refractivity contribution in [3.8, 4) is 11.5 Å². The van der Waals surface area contributed by atoms with Gasteiger partial charge in [0.2, 0.25) is 0 Å². The van der Waals surface area contributed by atoms with Crippen LogP contribution in [0.4, 0.5) is 0 Å². The molecule has 0 heterocycles. The zero-order valence-corrected chi connectivity index (χ0v) is 43.5. The highest BCUT2D eigenvalue weighted by atomic mass is 16.5. The Bertz CT molecular complexity index is 1740. The highest BCUT2D eigenvalue weighted by Crippen LogP contribution is 2.70. The van der Waals surface area contributed by atoms with E-state index in [-0.39, 0.29) is 0 Å². The molecule has 0 saturated heterocycles. The van der Waals surface area contributed by atoms with Gasteiger partial charge in [0.25, 0.3) is 0 Å². The molecule has 10 unspecified atom stereocenters. The SMILES string of the molecule is C=Cc1cc(OC2CC[C@@]3(C)C(CCC4C3CC[C@@]3(C)C4CC[C@@H]3[C@H](C)CCCC(C)C)C2)ccc1OC1CC[C@@]2(C)C(CCC3C2CC[C@@]2(C)C3CC[C@@H]2[C@H](C)CCCC(C)C)C1. The molecule has 2 nitrogen and oxygen atoms in total. The molecule has 2 heteroatoms. The van der Waals surface area contributed by atoms with Gasteiger partial charge in [0, 0.05) is 5.56 Å². The van der Waals surface area contributed by atoms with Gasteiger partial charge in [-0.3, -0.25) is 0 Å². The number of ether oxygens (including phenoxy) is 2. The van der Waals surface area contributed by atoms with E-state index in [2.05, 4.69) is 94.0 Å². The van der Waals surface area contributed by atoms with Crippen LogP contribution in [-0.4, -0.2) is 12.2 Å². The molecule has 0 amide bonds. The van der Waals surface area contributed by atoms with Crippen LogP contribution in [-0.2, 0) is 0 Å². The van der Waals surface area contributed by atoms with Crippen molar-refractivity contribution in [3.63, 3.8) is 0 Å². The Kier molecular flexibility index (Phi) is 14.0. The molecular weight excluding hydrogens is 777 g/mol. The average molecular weight is 877 g/mol. The summed E-state index contributed by atoms with van der Waals surface area (Å²) in [4.78, 5) is 0. The van der Waals surface area contributed by atoms with Gasteiger partial charge in [-0.05, 0) is 238 Å². The first-order valence-corrected chi connectivity index (χ1v) is 28.7. The lowest BCUT2D eigenvalue weighted by Gasteiger charge is -2.61. The second-order valence-electron chi connectivity index (χ2n) is 27.3. The van der Waals surface area contributed by atoms with Gasteiger partial charge in [-0.1, -0.05) is 120 Å². The predicted molar refractivity (Wildman–Crippen MR) is 272 cm³/mol. The van der Waals surface area contributed by atoms with Gasteiger partial charge in [-0.25, -0.2) is 0 Å². The van der Waals surface area contributed by atoms with Crippen LogP contribution in [0.5, 0.6) is 11.5 Å². The van der Waals surface area contributed by atoms with E-state index in [0.717, 1.165) is 99.9 Å². The molecule has 8 saturated carbocycles. The maximum absolute atomic E-state index is 7.01. The van der Waals surface area contributed by atoms with Crippen molar-refractivity contribution < 1.29 is 9.47 Å². The molecule has 0 aromatic heterocycles. The summed E-state index contributed by atoms with van der Waals surface area (Å²) in [5.74, 6) is 14.7. The van der Waals surface area contributed by atoms with Crippen molar-refractivity contribution in [1.82, 2.24) is 0 Å². The van der Waals surface area contributed by atoms with E-state index in [0.29, 0.717) is 33.9 Å². The highest BCUT2D eigenvalue weighted by molar-refractivity contribution is 5.58. The van der Waals surface area contributed by atoms with Crippen LogP contribution in [0.15, 0.2) is 24.8 Å². The summed E-state index contributed by atoms with van der Waals surface area (Å²) in [6.45, 7) is 30.1. The van der Waals surface area contributed by atoms with E-state index in [1.165, 1.54) is 154 Å². The molecule has 8 aliphatic carbocycles. The van der Waals surface area contributed by atoms with Gasteiger partial charge in [0.1, 0.15) is 11.5 Å². The van der Waals surface area contributed by atoms with Gasteiger partial charge in [-0.2, -0.15) is 0 Å². The highest BCUT2D eigenvalue weighted by Gasteiger charge is 2.62. The minimum atomic E-state index is 0.313. The number of rotatable bonds is 15. The molecule has 18 atom stereocenters. The fraction of sp³-hybridized carbons (Fsp3) is 0.871. The molecule has 0 aliphatic heterocycles. The second-order valence-corrected chi connectivity index (χ2v) is 27.3. The second kappa shape index (κ2) is 18.8. The Morgan fingerprint density at radius 3 is 1.45 bits per heavy atom. The number of hydrogen-bond acceptors (Lipinski definition) is 2. The fourth-order valence-electron chi connectivity index (χ4n) is 19.9. The van der Waals surface area contributed by atoms with Gasteiger partial charge in [0.15, 0.2) is 0 Å². The van der Waals surface area contributed by atoms with Crippen LogP contribution in [0.3, 0.4) is 0 Å². The van der Waals surface area contributed by atoms with Crippen molar-refractivity contribution in [2.75, 3.05) is 0 Å². The van der Waals surface area contributed by atoms with Gasteiger partial charge in [-0.15, -0.1) is 0 Å². The lowest BCUT2D eigenvalue weighted by Crippen LogP contribution is -2.54. The molecule has 1 aromatic rings. The molecule has 9 rings (SSSR count). The molecule has 0 N–H and O–H groups in total. The third kappa shape index (κ3) is 8.65. The lowest BCUT2D eigenvalue weighted by molar-refractivity contribution is -0.127.